The van der Waals surface area contributed by atoms with Gasteiger partial charge in [0.05, 0.1) is 12.6 Å². The summed E-state index contributed by atoms with van der Waals surface area (Å²) in [5.74, 6) is 0.175. The highest BCUT2D eigenvalue weighted by Crippen LogP contribution is 2.08. The monoisotopic (exact) mass is 228 g/mol. The number of amides is 1. The minimum absolute atomic E-state index is 0.0219. The Morgan fingerprint density at radius 3 is 2.69 bits per heavy atom. The van der Waals surface area contributed by atoms with E-state index in [9.17, 15) is 4.79 Å². The van der Waals surface area contributed by atoms with Crippen molar-refractivity contribution < 1.29 is 9.53 Å². The molecule has 94 valence electrons. The Morgan fingerprint density at radius 2 is 2.25 bits per heavy atom. The van der Waals surface area contributed by atoms with Crippen LogP contribution >= 0.6 is 0 Å². The van der Waals surface area contributed by atoms with Gasteiger partial charge in [-0.25, -0.2) is 0 Å². The average molecular weight is 228 g/mol. The lowest BCUT2D eigenvalue weighted by molar-refractivity contribution is -0.133. The first kappa shape index (κ1) is 15.1. The summed E-state index contributed by atoms with van der Waals surface area (Å²) in [5, 5.41) is 0. The number of carbonyl (C=O) groups excluding carboxylic acids is 1. The molecular formula is C12H24N2O2. The second-order valence-electron chi connectivity index (χ2n) is 3.98. The number of nitrogens with zero attached hydrogens (tertiary/aromatic N) is 1. The zero-order valence-corrected chi connectivity index (χ0v) is 10.6. The van der Waals surface area contributed by atoms with Gasteiger partial charge in [-0.3, -0.25) is 4.79 Å². The van der Waals surface area contributed by atoms with Crippen LogP contribution < -0.4 is 5.73 Å². The Hall–Kier alpha value is -0.870. The Kier molecular flexibility index (Phi) is 7.85. The van der Waals surface area contributed by atoms with Crippen LogP contribution in [0.3, 0.4) is 0 Å². The molecule has 0 saturated carbocycles. The molecule has 2 N–H and O–H groups in total. The van der Waals surface area contributed by atoms with Gasteiger partial charge in [0.15, 0.2) is 0 Å². The summed E-state index contributed by atoms with van der Waals surface area (Å²) < 4.78 is 4.97. The number of ether oxygens (including phenoxy) is 1. The molecule has 0 rings (SSSR count). The number of rotatable bonds is 8. The summed E-state index contributed by atoms with van der Waals surface area (Å²) in [6.07, 6.45) is 2.61. The molecule has 0 aliphatic rings. The highest BCUT2D eigenvalue weighted by Gasteiger charge is 2.23. The molecule has 0 bridgehead atoms. The summed E-state index contributed by atoms with van der Waals surface area (Å²) in [7, 11) is 1.62. The zero-order valence-electron chi connectivity index (χ0n) is 10.6. The summed E-state index contributed by atoms with van der Waals surface area (Å²) in [5.41, 5.74) is 5.91. The van der Waals surface area contributed by atoms with Gasteiger partial charge >= 0.3 is 0 Å². The van der Waals surface area contributed by atoms with Crippen molar-refractivity contribution in [3.63, 3.8) is 0 Å². The van der Waals surface area contributed by atoms with Gasteiger partial charge in [0.25, 0.3) is 0 Å². The SMILES string of the molecule is C=CCN(CCOC)C(=O)[C@@H](N)[C@@H](C)CC. The van der Waals surface area contributed by atoms with E-state index in [1.54, 1.807) is 18.1 Å². The molecule has 0 aliphatic carbocycles. The minimum atomic E-state index is -0.429. The van der Waals surface area contributed by atoms with Gasteiger partial charge in [-0.2, -0.15) is 0 Å². The first-order chi connectivity index (χ1) is 7.58. The molecule has 0 aromatic rings. The largest absolute Gasteiger partial charge is 0.383 e. The van der Waals surface area contributed by atoms with Crippen LogP contribution in [0.2, 0.25) is 0 Å². The quantitative estimate of drug-likeness (QED) is 0.631. The fourth-order valence-corrected chi connectivity index (χ4v) is 1.36. The van der Waals surface area contributed by atoms with Gasteiger partial charge in [0, 0.05) is 20.2 Å². The zero-order chi connectivity index (χ0) is 12.6. The summed E-state index contributed by atoms with van der Waals surface area (Å²) in [4.78, 5) is 13.7. The van der Waals surface area contributed by atoms with Crippen LogP contribution in [0.1, 0.15) is 20.3 Å². The topological polar surface area (TPSA) is 55.6 Å². The van der Waals surface area contributed by atoms with Gasteiger partial charge in [-0.1, -0.05) is 26.3 Å². The van der Waals surface area contributed by atoms with E-state index >= 15 is 0 Å². The minimum Gasteiger partial charge on any atom is -0.383 e. The smallest absolute Gasteiger partial charge is 0.240 e. The summed E-state index contributed by atoms with van der Waals surface area (Å²) in [6, 6.07) is -0.429. The lowest BCUT2D eigenvalue weighted by Gasteiger charge is -2.26. The van der Waals surface area contributed by atoms with Crippen molar-refractivity contribution in [2.24, 2.45) is 11.7 Å². The van der Waals surface area contributed by atoms with Gasteiger partial charge in [0.2, 0.25) is 5.91 Å². The Morgan fingerprint density at radius 1 is 1.62 bits per heavy atom. The van der Waals surface area contributed by atoms with Crippen molar-refractivity contribution in [1.29, 1.82) is 0 Å². The van der Waals surface area contributed by atoms with Crippen molar-refractivity contribution in [2.45, 2.75) is 26.3 Å². The van der Waals surface area contributed by atoms with Crippen LogP contribution in [-0.4, -0.2) is 43.7 Å². The molecule has 0 aromatic heterocycles. The Balaban J connectivity index is 4.40. The fourth-order valence-electron chi connectivity index (χ4n) is 1.36. The molecule has 0 radical (unpaired) electrons. The van der Waals surface area contributed by atoms with E-state index in [0.29, 0.717) is 19.7 Å². The summed E-state index contributed by atoms with van der Waals surface area (Å²) >= 11 is 0. The standard InChI is InChI=1S/C12H24N2O2/c1-5-7-14(8-9-16-4)12(15)11(13)10(3)6-2/h5,10-11H,1,6-9,13H2,2-4H3/t10-,11-/m0/s1. The van der Waals surface area contributed by atoms with Crippen molar-refractivity contribution >= 4 is 5.91 Å². The number of hydrogen-bond acceptors (Lipinski definition) is 3. The molecule has 0 aliphatic heterocycles. The lowest BCUT2D eigenvalue weighted by atomic mass is 9.99. The first-order valence-electron chi connectivity index (χ1n) is 5.72. The third-order valence-corrected chi connectivity index (χ3v) is 2.77. The normalized spacial score (nSPS) is 14.2. The predicted molar refractivity (Wildman–Crippen MR) is 66.1 cm³/mol. The van der Waals surface area contributed by atoms with Crippen molar-refractivity contribution in [3.8, 4) is 0 Å². The molecular weight excluding hydrogens is 204 g/mol. The maximum Gasteiger partial charge on any atom is 0.240 e. The van der Waals surface area contributed by atoms with E-state index in [0.717, 1.165) is 6.42 Å². The molecule has 1 amide bonds. The maximum atomic E-state index is 12.0. The molecule has 4 nitrogen and oxygen atoms in total. The van der Waals surface area contributed by atoms with Crippen LogP contribution in [0.4, 0.5) is 0 Å². The van der Waals surface area contributed by atoms with E-state index in [4.69, 9.17) is 10.5 Å². The van der Waals surface area contributed by atoms with E-state index in [-0.39, 0.29) is 11.8 Å². The first-order valence-corrected chi connectivity index (χ1v) is 5.72. The highest BCUT2D eigenvalue weighted by atomic mass is 16.5. The molecule has 0 unspecified atom stereocenters. The van der Waals surface area contributed by atoms with Crippen molar-refractivity contribution in [2.75, 3.05) is 26.8 Å². The van der Waals surface area contributed by atoms with Crippen LogP contribution in [0.5, 0.6) is 0 Å². The molecule has 0 fully saturated rings. The number of carbonyl (C=O) groups is 1. The predicted octanol–water partition coefficient (Wildman–Crippen LogP) is 1.02. The van der Waals surface area contributed by atoms with E-state index in [2.05, 4.69) is 6.58 Å². The maximum absolute atomic E-state index is 12.0. The second kappa shape index (κ2) is 8.30. The van der Waals surface area contributed by atoms with E-state index in [1.807, 2.05) is 13.8 Å². The highest BCUT2D eigenvalue weighted by molar-refractivity contribution is 5.82. The molecule has 0 saturated heterocycles. The Bertz CT molecular complexity index is 219. The third-order valence-electron chi connectivity index (χ3n) is 2.77. The van der Waals surface area contributed by atoms with Gasteiger partial charge < -0.3 is 15.4 Å². The van der Waals surface area contributed by atoms with Crippen LogP contribution in [0.15, 0.2) is 12.7 Å². The number of nitrogens with two attached hydrogens (primary N) is 1. The number of hydrogen-bond donors (Lipinski definition) is 1. The van der Waals surface area contributed by atoms with Gasteiger partial charge in [-0.05, 0) is 5.92 Å². The van der Waals surface area contributed by atoms with Crippen LogP contribution in [-0.2, 0) is 9.53 Å². The molecule has 4 heteroatoms. The fraction of sp³-hybridized carbons (Fsp3) is 0.750. The van der Waals surface area contributed by atoms with Crippen molar-refractivity contribution in [3.05, 3.63) is 12.7 Å². The number of methoxy groups -OCH3 is 1. The van der Waals surface area contributed by atoms with Gasteiger partial charge in [0.1, 0.15) is 0 Å². The summed E-state index contributed by atoms with van der Waals surface area (Å²) in [6.45, 7) is 9.27. The second-order valence-corrected chi connectivity index (χ2v) is 3.98. The molecule has 0 aromatic carbocycles. The molecule has 2 atom stereocenters. The van der Waals surface area contributed by atoms with Crippen LogP contribution in [0.25, 0.3) is 0 Å². The van der Waals surface area contributed by atoms with Crippen molar-refractivity contribution in [1.82, 2.24) is 4.90 Å². The van der Waals surface area contributed by atoms with E-state index in [1.165, 1.54) is 0 Å². The molecule has 16 heavy (non-hydrogen) atoms. The van der Waals surface area contributed by atoms with Crippen LogP contribution in [0, 0.1) is 5.92 Å². The Labute approximate surface area is 98.4 Å². The molecule has 0 heterocycles. The third kappa shape index (κ3) is 4.77. The van der Waals surface area contributed by atoms with E-state index < -0.39 is 6.04 Å². The van der Waals surface area contributed by atoms with Gasteiger partial charge in [-0.15, -0.1) is 6.58 Å². The lowest BCUT2D eigenvalue weighted by Crippen LogP contribution is -2.48. The average Bonchev–Trinajstić information content (AvgIpc) is 2.31. The molecule has 0 spiro atoms.